The highest BCUT2D eigenvalue weighted by Crippen LogP contribution is 2.27. The predicted octanol–water partition coefficient (Wildman–Crippen LogP) is 3.36. The van der Waals surface area contributed by atoms with Crippen molar-refractivity contribution in [3.63, 3.8) is 0 Å². The first-order valence-corrected chi connectivity index (χ1v) is 7.09. The molecule has 108 valence electrons. The zero-order valence-corrected chi connectivity index (χ0v) is 13.5. The molecule has 0 saturated heterocycles. The topological polar surface area (TPSA) is 41.1 Å². The lowest BCUT2D eigenvalue weighted by Crippen LogP contribution is -2.25. The lowest BCUT2D eigenvalue weighted by atomic mass is 9.95. The molecule has 1 heterocycles. The maximum atomic E-state index is 4.78. The third kappa shape index (κ3) is 3.82. The Morgan fingerprint density at radius 1 is 1.21 bits per heavy atom. The summed E-state index contributed by atoms with van der Waals surface area (Å²) in [4.78, 5) is 11.6. The number of hydrogen-bond acceptors (Lipinski definition) is 4. The average Bonchev–Trinajstić information content (AvgIpc) is 2.34. The third-order valence-electron chi connectivity index (χ3n) is 3.24. The lowest BCUT2D eigenvalue weighted by molar-refractivity contribution is 0.544. The molecule has 0 amide bonds. The van der Waals surface area contributed by atoms with E-state index >= 15 is 0 Å². The lowest BCUT2D eigenvalue weighted by Gasteiger charge is -2.25. The number of nitrogens with one attached hydrogen (secondary N) is 1. The standard InChI is InChI=1S/C15H28N4/c1-8-9-10-19(7)13-11(2)12(16-6)17-14(18-13)15(3,4)5/h8-10H2,1-7H3,(H,16,17,18). The van der Waals surface area contributed by atoms with E-state index < -0.39 is 0 Å². The molecule has 1 N–H and O–H groups in total. The van der Waals surface area contributed by atoms with Gasteiger partial charge in [-0.3, -0.25) is 0 Å². The minimum Gasteiger partial charge on any atom is -0.373 e. The molecule has 0 aliphatic rings. The van der Waals surface area contributed by atoms with Gasteiger partial charge in [0.05, 0.1) is 0 Å². The monoisotopic (exact) mass is 264 g/mol. The Hall–Kier alpha value is -1.32. The van der Waals surface area contributed by atoms with Gasteiger partial charge in [0.15, 0.2) is 0 Å². The fraction of sp³-hybridized carbons (Fsp3) is 0.733. The summed E-state index contributed by atoms with van der Waals surface area (Å²) in [7, 11) is 4.02. The molecule has 1 aromatic rings. The van der Waals surface area contributed by atoms with Gasteiger partial charge in [-0.1, -0.05) is 34.1 Å². The summed E-state index contributed by atoms with van der Waals surface area (Å²) in [6.07, 6.45) is 2.37. The predicted molar refractivity (Wildman–Crippen MR) is 83.2 cm³/mol. The maximum absolute atomic E-state index is 4.78. The molecule has 0 radical (unpaired) electrons. The van der Waals surface area contributed by atoms with Gasteiger partial charge in [-0.15, -0.1) is 0 Å². The summed E-state index contributed by atoms with van der Waals surface area (Å²) >= 11 is 0. The van der Waals surface area contributed by atoms with Crippen molar-refractivity contribution in [2.75, 3.05) is 30.9 Å². The summed E-state index contributed by atoms with van der Waals surface area (Å²) in [5.74, 6) is 2.86. The van der Waals surface area contributed by atoms with Crippen LogP contribution < -0.4 is 10.2 Å². The number of unbranched alkanes of at least 4 members (excludes halogenated alkanes) is 1. The van der Waals surface area contributed by atoms with Crippen molar-refractivity contribution in [2.24, 2.45) is 0 Å². The van der Waals surface area contributed by atoms with E-state index in [9.17, 15) is 0 Å². The minimum atomic E-state index is -0.0420. The molecule has 0 saturated carbocycles. The summed E-state index contributed by atoms with van der Waals surface area (Å²) in [6.45, 7) is 11.8. The van der Waals surface area contributed by atoms with Crippen LogP contribution in [-0.2, 0) is 5.41 Å². The molecule has 0 fully saturated rings. The van der Waals surface area contributed by atoms with Crippen molar-refractivity contribution in [3.05, 3.63) is 11.4 Å². The third-order valence-corrected chi connectivity index (χ3v) is 3.24. The number of hydrogen-bond donors (Lipinski definition) is 1. The highest BCUT2D eigenvalue weighted by atomic mass is 15.2. The van der Waals surface area contributed by atoms with Gasteiger partial charge in [0.25, 0.3) is 0 Å². The van der Waals surface area contributed by atoms with Crippen LogP contribution in [0.2, 0.25) is 0 Å². The largest absolute Gasteiger partial charge is 0.373 e. The molecule has 0 aromatic carbocycles. The smallest absolute Gasteiger partial charge is 0.138 e. The highest BCUT2D eigenvalue weighted by Gasteiger charge is 2.22. The molecule has 0 bridgehead atoms. The van der Waals surface area contributed by atoms with Crippen LogP contribution in [0.15, 0.2) is 0 Å². The number of nitrogens with zero attached hydrogens (tertiary/aromatic N) is 3. The molecule has 1 rings (SSSR count). The van der Waals surface area contributed by atoms with Gasteiger partial charge in [0.1, 0.15) is 17.5 Å². The van der Waals surface area contributed by atoms with Crippen LogP contribution in [0.5, 0.6) is 0 Å². The van der Waals surface area contributed by atoms with E-state index in [-0.39, 0.29) is 5.41 Å². The normalized spacial score (nSPS) is 11.5. The maximum Gasteiger partial charge on any atom is 0.138 e. The first-order chi connectivity index (χ1) is 8.81. The Morgan fingerprint density at radius 3 is 2.32 bits per heavy atom. The van der Waals surface area contributed by atoms with Crippen molar-refractivity contribution in [2.45, 2.75) is 52.9 Å². The van der Waals surface area contributed by atoms with Crippen molar-refractivity contribution in [3.8, 4) is 0 Å². The average molecular weight is 264 g/mol. The molecular formula is C15H28N4. The van der Waals surface area contributed by atoms with Crippen LogP contribution in [0.25, 0.3) is 0 Å². The van der Waals surface area contributed by atoms with Crippen molar-refractivity contribution in [1.82, 2.24) is 9.97 Å². The summed E-state index contributed by atoms with van der Waals surface area (Å²) in [5, 5.41) is 3.18. The van der Waals surface area contributed by atoms with Crippen LogP contribution in [0.3, 0.4) is 0 Å². The zero-order valence-electron chi connectivity index (χ0n) is 13.5. The van der Waals surface area contributed by atoms with Crippen molar-refractivity contribution < 1.29 is 0 Å². The van der Waals surface area contributed by atoms with Crippen LogP contribution in [0, 0.1) is 6.92 Å². The molecule has 0 spiro atoms. The molecule has 4 nitrogen and oxygen atoms in total. The van der Waals surface area contributed by atoms with E-state index in [0.717, 1.165) is 29.6 Å². The Labute approximate surface area is 117 Å². The second-order valence-electron chi connectivity index (χ2n) is 6.12. The van der Waals surface area contributed by atoms with Crippen LogP contribution in [0.4, 0.5) is 11.6 Å². The first kappa shape index (κ1) is 15.7. The van der Waals surface area contributed by atoms with E-state index in [2.05, 4.69) is 56.9 Å². The second-order valence-corrected chi connectivity index (χ2v) is 6.12. The van der Waals surface area contributed by atoms with Gasteiger partial charge in [-0.2, -0.15) is 0 Å². The molecule has 1 aromatic heterocycles. The van der Waals surface area contributed by atoms with E-state index in [1.165, 1.54) is 12.8 Å². The van der Waals surface area contributed by atoms with Gasteiger partial charge < -0.3 is 10.2 Å². The van der Waals surface area contributed by atoms with E-state index in [4.69, 9.17) is 4.98 Å². The molecule has 4 heteroatoms. The summed E-state index contributed by atoms with van der Waals surface area (Å²) < 4.78 is 0. The first-order valence-electron chi connectivity index (χ1n) is 7.09. The van der Waals surface area contributed by atoms with Gasteiger partial charge in [0, 0.05) is 31.6 Å². The molecule has 0 aliphatic carbocycles. The Morgan fingerprint density at radius 2 is 1.84 bits per heavy atom. The summed E-state index contributed by atoms with van der Waals surface area (Å²) in [5.41, 5.74) is 1.08. The zero-order chi connectivity index (χ0) is 14.6. The second kappa shape index (κ2) is 6.22. The van der Waals surface area contributed by atoms with E-state index in [1.54, 1.807) is 0 Å². The van der Waals surface area contributed by atoms with E-state index in [1.807, 2.05) is 7.05 Å². The van der Waals surface area contributed by atoms with Crippen LogP contribution >= 0.6 is 0 Å². The fourth-order valence-electron chi connectivity index (χ4n) is 1.96. The molecule has 0 unspecified atom stereocenters. The Kier molecular flexibility index (Phi) is 5.15. The van der Waals surface area contributed by atoms with Gasteiger partial charge in [0.2, 0.25) is 0 Å². The van der Waals surface area contributed by atoms with Gasteiger partial charge in [-0.25, -0.2) is 9.97 Å². The Balaban J connectivity index is 3.21. The minimum absolute atomic E-state index is 0.0420. The number of anilines is 2. The van der Waals surface area contributed by atoms with Gasteiger partial charge in [-0.05, 0) is 13.3 Å². The number of aromatic nitrogens is 2. The Bertz CT molecular complexity index is 421. The summed E-state index contributed by atoms with van der Waals surface area (Å²) in [6, 6.07) is 0. The van der Waals surface area contributed by atoms with Crippen LogP contribution in [0.1, 0.15) is 51.9 Å². The fourth-order valence-corrected chi connectivity index (χ4v) is 1.96. The molecule has 0 atom stereocenters. The van der Waals surface area contributed by atoms with Crippen molar-refractivity contribution >= 4 is 11.6 Å². The molecular weight excluding hydrogens is 236 g/mol. The van der Waals surface area contributed by atoms with E-state index in [0.29, 0.717) is 0 Å². The quantitative estimate of drug-likeness (QED) is 0.885. The van der Waals surface area contributed by atoms with Crippen molar-refractivity contribution in [1.29, 1.82) is 0 Å². The highest BCUT2D eigenvalue weighted by molar-refractivity contribution is 5.58. The number of rotatable bonds is 5. The molecule has 0 aliphatic heterocycles. The molecule has 19 heavy (non-hydrogen) atoms. The van der Waals surface area contributed by atoms with Crippen LogP contribution in [-0.4, -0.2) is 30.6 Å². The SMILES string of the molecule is CCCCN(C)c1nc(C(C)(C)C)nc(NC)c1C. The van der Waals surface area contributed by atoms with Gasteiger partial charge >= 0.3 is 0 Å².